The first-order chi connectivity index (χ1) is 11.1. The molecule has 1 N–H and O–H groups in total. The summed E-state index contributed by atoms with van der Waals surface area (Å²) >= 11 is 0. The fourth-order valence-corrected chi connectivity index (χ4v) is 3.26. The fourth-order valence-electron chi connectivity index (χ4n) is 3.26. The van der Waals surface area contributed by atoms with Crippen LogP contribution >= 0.6 is 0 Å². The lowest BCUT2D eigenvalue weighted by atomic mass is 9.95. The van der Waals surface area contributed by atoms with Crippen molar-refractivity contribution in [2.45, 2.75) is 38.1 Å². The average molecular weight is 313 g/mol. The van der Waals surface area contributed by atoms with Gasteiger partial charge in [0.05, 0.1) is 11.8 Å². The number of aryl methyl sites for hydroxylation is 2. The highest BCUT2D eigenvalue weighted by Gasteiger charge is 2.27. The molecule has 1 fully saturated rings. The predicted octanol–water partition coefficient (Wildman–Crippen LogP) is 2.75. The van der Waals surface area contributed by atoms with E-state index < -0.39 is 0 Å². The van der Waals surface area contributed by atoms with Crippen LogP contribution in [0.2, 0.25) is 0 Å². The van der Waals surface area contributed by atoms with Gasteiger partial charge in [-0.25, -0.2) is 0 Å². The number of carbonyl (C=O) groups is 1. The van der Waals surface area contributed by atoms with E-state index >= 15 is 0 Å². The van der Waals surface area contributed by atoms with Crippen molar-refractivity contribution < 1.29 is 9.90 Å². The third-order valence-electron chi connectivity index (χ3n) is 4.54. The van der Waals surface area contributed by atoms with Crippen LogP contribution in [-0.4, -0.2) is 38.3 Å². The largest absolute Gasteiger partial charge is 0.508 e. The Labute approximate surface area is 136 Å². The molecule has 1 aliphatic heterocycles. The molecule has 0 spiro atoms. The topological polar surface area (TPSA) is 58.4 Å². The highest BCUT2D eigenvalue weighted by molar-refractivity contribution is 5.94. The van der Waals surface area contributed by atoms with Gasteiger partial charge in [0.1, 0.15) is 5.75 Å². The molecular formula is C18H23N3O2. The summed E-state index contributed by atoms with van der Waals surface area (Å²) in [6.45, 7) is 0.827. The summed E-state index contributed by atoms with van der Waals surface area (Å²) in [5, 5.41) is 13.5. The summed E-state index contributed by atoms with van der Waals surface area (Å²) in [6, 6.07) is 7.62. The molecule has 2 heterocycles. The summed E-state index contributed by atoms with van der Waals surface area (Å²) in [7, 11) is 1.83. The van der Waals surface area contributed by atoms with E-state index in [1.54, 1.807) is 29.2 Å². The molecule has 1 amide bonds. The number of aromatic nitrogens is 2. The number of phenolic OH excluding ortho intramolecular Hbond substituents is 1. The normalized spacial score (nSPS) is 18.1. The molecule has 23 heavy (non-hydrogen) atoms. The minimum Gasteiger partial charge on any atom is -0.508 e. The third-order valence-corrected chi connectivity index (χ3v) is 4.54. The SMILES string of the molecule is Cn1cc(C(=O)N2CCCC[C@H]2CCc2ccc(O)cc2)cn1. The smallest absolute Gasteiger partial charge is 0.257 e. The maximum Gasteiger partial charge on any atom is 0.257 e. The van der Waals surface area contributed by atoms with Crippen LogP contribution in [0.15, 0.2) is 36.7 Å². The zero-order chi connectivity index (χ0) is 16.2. The van der Waals surface area contributed by atoms with Crippen molar-refractivity contribution in [1.29, 1.82) is 0 Å². The van der Waals surface area contributed by atoms with E-state index in [1.807, 2.05) is 24.1 Å². The van der Waals surface area contributed by atoms with Crippen molar-refractivity contribution in [2.24, 2.45) is 7.05 Å². The van der Waals surface area contributed by atoms with E-state index in [2.05, 4.69) is 5.10 Å². The molecule has 0 bridgehead atoms. The molecule has 1 aromatic heterocycles. The second-order valence-electron chi connectivity index (χ2n) is 6.26. The van der Waals surface area contributed by atoms with Crippen molar-refractivity contribution in [3.8, 4) is 5.75 Å². The van der Waals surface area contributed by atoms with Gasteiger partial charge < -0.3 is 10.0 Å². The number of amides is 1. The molecule has 1 aliphatic rings. The summed E-state index contributed by atoms with van der Waals surface area (Å²) < 4.78 is 1.67. The van der Waals surface area contributed by atoms with Crippen LogP contribution in [0.25, 0.3) is 0 Å². The van der Waals surface area contributed by atoms with E-state index in [4.69, 9.17) is 0 Å². The van der Waals surface area contributed by atoms with Gasteiger partial charge >= 0.3 is 0 Å². The molecule has 5 heteroatoms. The number of benzene rings is 1. The molecule has 3 rings (SSSR count). The Balaban J connectivity index is 1.66. The molecule has 1 saturated heterocycles. The van der Waals surface area contributed by atoms with Crippen LogP contribution in [0.3, 0.4) is 0 Å². The van der Waals surface area contributed by atoms with Crippen LogP contribution in [0.5, 0.6) is 5.75 Å². The number of piperidine rings is 1. The summed E-state index contributed by atoms with van der Waals surface area (Å²) in [5.74, 6) is 0.383. The van der Waals surface area contributed by atoms with Gasteiger partial charge in [-0.05, 0) is 49.8 Å². The van der Waals surface area contributed by atoms with E-state index in [-0.39, 0.29) is 11.9 Å². The van der Waals surface area contributed by atoms with Gasteiger partial charge in [-0.15, -0.1) is 0 Å². The highest BCUT2D eigenvalue weighted by atomic mass is 16.3. The third kappa shape index (κ3) is 3.73. The van der Waals surface area contributed by atoms with E-state index in [9.17, 15) is 9.90 Å². The molecule has 2 aromatic rings. The lowest BCUT2D eigenvalue weighted by molar-refractivity contribution is 0.0602. The van der Waals surface area contributed by atoms with Crippen LogP contribution in [-0.2, 0) is 13.5 Å². The van der Waals surface area contributed by atoms with Crippen LogP contribution in [0, 0.1) is 0 Å². The molecule has 0 aliphatic carbocycles. The molecule has 0 unspecified atom stereocenters. The molecule has 1 aromatic carbocycles. The van der Waals surface area contributed by atoms with Crippen molar-refractivity contribution in [3.05, 3.63) is 47.8 Å². The molecule has 0 radical (unpaired) electrons. The number of rotatable bonds is 4. The maximum absolute atomic E-state index is 12.7. The first-order valence-corrected chi connectivity index (χ1v) is 8.21. The van der Waals surface area contributed by atoms with Gasteiger partial charge in [0.25, 0.3) is 5.91 Å². The zero-order valence-corrected chi connectivity index (χ0v) is 13.5. The Kier molecular flexibility index (Phi) is 4.65. The van der Waals surface area contributed by atoms with Gasteiger partial charge in [-0.3, -0.25) is 9.48 Å². The Hall–Kier alpha value is -2.30. The Morgan fingerprint density at radius 3 is 2.78 bits per heavy atom. The van der Waals surface area contributed by atoms with E-state index in [0.29, 0.717) is 11.3 Å². The molecule has 5 nitrogen and oxygen atoms in total. The summed E-state index contributed by atoms with van der Waals surface area (Å²) in [4.78, 5) is 14.7. The number of likely N-dealkylation sites (tertiary alicyclic amines) is 1. The van der Waals surface area contributed by atoms with Gasteiger partial charge in [0.2, 0.25) is 0 Å². The second-order valence-corrected chi connectivity index (χ2v) is 6.26. The number of aromatic hydroxyl groups is 1. The first kappa shape index (κ1) is 15.6. The Morgan fingerprint density at radius 2 is 2.09 bits per heavy atom. The van der Waals surface area contributed by atoms with E-state index in [0.717, 1.165) is 32.2 Å². The molecule has 1 atom stereocenters. The predicted molar refractivity (Wildman–Crippen MR) is 88.3 cm³/mol. The average Bonchev–Trinajstić information content (AvgIpc) is 3.00. The first-order valence-electron chi connectivity index (χ1n) is 8.21. The fraction of sp³-hybridized carbons (Fsp3) is 0.444. The highest BCUT2D eigenvalue weighted by Crippen LogP contribution is 2.23. The number of hydrogen-bond donors (Lipinski definition) is 1. The van der Waals surface area contributed by atoms with Crippen molar-refractivity contribution in [2.75, 3.05) is 6.54 Å². The second kappa shape index (κ2) is 6.86. The van der Waals surface area contributed by atoms with Gasteiger partial charge in [0, 0.05) is 25.8 Å². The molecule has 0 saturated carbocycles. The number of carbonyl (C=O) groups excluding carboxylic acids is 1. The van der Waals surface area contributed by atoms with Gasteiger partial charge in [0.15, 0.2) is 0 Å². The minimum absolute atomic E-state index is 0.0912. The zero-order valence-electron chi connectivity index (χ0n) is 13.5. The molecule has 122 valence electrons. The monoisotopic (exact) mass is 313 g/mol. The quantitative estimate of drug-likeness (QED) is 0.944. The van der Waals surface area contributed by atoms with Gasteiger partial charge in [-0.2, -0.15) is 5.10 Å². The van der Waals surface area contributed by atoms with Crippen LogP contribution < -0.4 is 0 Å². The standard InChI is InChI=1S/C18H23N3O2/c1-20-13-15(12-19-20)18(23)21-11-3-2-4-16(21)8-5-14-6-9-17(22)10-7-14/h6-7,9-10,12-13,16,22H,2-5,8,11H2,1H3/t16-/m0/s1. The van der Waals surface area contributed by atoms with Crippen molar-refractivity contribution in [3.63, 3.8) is 0 Å². The Bertz CT molecular complexity index is 663. The van der Waals surface area contributed by atoms with Crippen molar-refractivity contribution >= 4 is 5.91 Å². The minimum atomic E-state index is 0.0912. The number of phenols is 1. The van der Waals surface area contributed by atoms with Crippen molar-refractivity contribution in [1.82, 2.24) is 14.7 Å². The lowest BCUT2D eigenvalue weighted by Crippen LogP contribution is -2.43. The summed E-state index contributed by atoms with van der Waals surface area (Å²) in [5.41, 5.74) is 1.87. The summed E-state index contributed by atoms with van der Waals surface area (Å²) in [6.07, 6.45) is 8.61. The lowest BCUT2D eigenvalue weighted by Gasteiger charge is -2.35. The number of nitrogens with zero attached hydrogens (tertiary/aromatic N) is 3. The maximum atomic E-state index is 12.7. The number of hydrogen-bond acceptors (Lipinski definition) is 3. The molecular weight excluding hydrogens is 290 g/mol. The Morgan fingerprint density at radius 1 is 1.30 bits per heavy atom. The van der Waals surface area contributed by atoms with Crippen LogP contribution in [0.4, 0.5) is 0 Å². The van der Waals surface area contributed by atoms with Gasteiger partial charge in [-0.1, -0.05) is 12.1 Å². The van der Waals surface area contributed by atoms with Crippen LogP contribution in [0.1, 0.15) is 41.6 Å². The van der Waals surface area contributed by atoms with E-state index in [1.165, 1.54) is 12.0 Å².